The van der Waals surface area contributed by atoms with Gasteiger partial charge in [-0.1, -0.05) is 46.3 Å². The molecular weight excluding hydrogens is 300 g/mol. The summed E-state index contributed by atoms with van der Waals surface area (Å²) in [5.41, 5.74) is 10.6. The molecule has 0 aliphatic heterocycles. The summed E-state index contributed by atoms with van der Waals surface area (Å²) in [6.45, 7) is 3.62. The summed E-state index contributed by atoms with van der Waals surface area (Å²) in [6, 6.07) is 14.8. The molecule has 0 amide bonds. The van der Waals surface area contributed by atoms with Gasteiger partial charge in [0, 0.05) is 30.3 Å². The third-order valence-corrected chi connectivity index (χ3v) is 3.75. The number of benzene rings is 2. The Balaban J connectivity index is 2.15. The van der Waals surface area contributed by atoms with Crippen molar-refractivity contribution in [2.45, 2.75) is 20.0 Å². The van der Waals surface area contributed by atoms with Crippen LogP contribution in [0.5, 0.6) is 0 Å². The van der Waals surface area contributed by atoms with Gasteiger partial charge in [0.25, 0.3) is 0 Å². The minimum atomic E-state index is 0.598. The van der Waals surface area contributed by atoms with Gasteiger partial charge in [-0.05, 0) is 35.7 Å². The van der Waals surface area contributed by atoms with E-state index < -0.39 is 0 Å². The quantitative estimate of drug-likeness (QED) is 0.927. The lowest BCUT2D eigenvalue weighted by molar-refractivity contribution is 0.914. The van der Waals surface area contributed by atoms with Crippen molar-refractivity contribution in [1.82, 2.24) is 0 Å². The van der Waals surface area contributed by atoms with Gasteiger partial charge in [-0.2, -0.15) is 0 Å². The number of nitrogens with zero attached hydrogens (tertiary/aromatic N) is 1. The molecule has 0 aromatic heterocycles. The minimum absolute atomic E-state index is 0.598. The highest BCUT2D eigenvalue weighted by Crippen LogP contribution is 2.24. The first kappa shape index (κ1) is 14.1. The van der Waals surface area contributed by atoms with Gasteiger partial charge in [-0.3, -0.25) is 0 Å². The van der Waals surface area contributed by atoms with E-state index in [2.05, 4.69) is 77.3 Å². The SMILES string of the molecule is Cc1ccc(Br)cc1N(C)Cc1ccc(CN)cc1. The molecule has 2 rings (SSSR count). The fraction of sp³-hybridized carbons (Fsp3) is 0.250. The Labute approximate surface area is 123 Å². The Bertz CT molecular complexity index is 549. The van der Waals surface area contributed by atoms with Crippen LogP contribution in [-0.2, 0) is 13.1 Å². The number of hydrogen-bond donors (Lipinski definition) is 1. The van der Waals surface area contributed by atoms with Crippen LogP contribution < -0.4 is 10.6 Å². The Hall–Kier alpha value is -1.32. The molecule has 0 aliphatic carbocycles. The van der Waals surface area contributed by atoms with Crippen LogP contribution in [0.25, 0.3) is 0 Å². The molecule has 0 heterocycles. The van der Waals surface area contributed by atoms with E-state index in [-0.39, 0.29) is 0 Å². The van der Waals surface area contributed by atoms with Crippen LogP contribution in [0, 0.1) is 6.92 Å². The van der Waals surface area contributed by atoms with Crippen molar-refractivity contribution in [3.05, 3.63) is 63.6 Å². The highest BCUT2D eigenvalue weighted by Gasteiger charge is 2.06. The average molecular weight is 319 g/mol. The number of nitrogens with two attached hydrogens (primary N) is 1. The third kappa shape index (κ3) is 3.58. The molecule has 0 aliphatic rings. The fourth-order valence-electron chi connectivity index (χ4n) is 2.13. The second-order valence-electron chi connectivity index (χ2n) is 4.81. The van der Waals surface area contributed by atoms with E-state index in [1.165, 1.54) is 22.4 Å². The second kappa shape index (κ2) is 6.22. The zero-order valence-corrected chi connectivity index (χ0v) is 12.9. The number of rotatable bonds is 4. The van der Waals surface area contributed by atoms with E-state index >= 15 is 0 Å². The van der Waals surface area contributed by atoms with E-state index in [0.717, 1.165) is 11.0 Å². The summed E-state index contributed by atoms with van der Waals surface area (Å²) in [6.07, 6.45) is 0. The summed E-state index contributed by atoms with van der Waals surface area (Å²) in [7, 11) is 2.12. The van der Waals surface area contributed by atoms with Crippen molar-refractivity contribution in [2.75, 3.05) is 11.9 Å². The first-order valence-electron chi connectivity index (χ1n) is 6.35. The van der Waals surface area contributed by atoms with Gasteiger partial charge in [0.2, 0.25) is 0 Å². The van der Waals surface area contributed by atoms with Crippen LogP contribution in [0.2, 0.25) is 0 Å². The monoisotopic (exact) mass is 318 g/mol. The van der Waals surface area contributed by atoms with Crippen molar-refractivity contribution < 1.29 is 0 Å². The van der Waals surface area contributed by atoms with Crippen LogP contribution in [0.15, 0.2) is 46.9 Å². The normalized spacial score (nSPS) is 10.5. The summed E-state index contributed by atoms with van der Waals surface area (Å²) < 4.78 is 1.11. The van der Waals surface area contributed by atoms with E-state index in [4.69, 9.17) is 5.73 Å². The van der Waals surface area contributed by atoms with Crippen LogP contribution in [-0.4, -0.2) is 7.05 Å². The van der Waals surface area contributed by atoms with Crippen molar-refractivity contribution in [2.24, 2.45) is 5.73 Å². The molecule has 0 fully saturated rings. The maximum atomic E-state index is 5.61. The molecule has 0 unspecified atom stereocenters. The molecule has 0 atom stereocenters. The third-order valence-electron chi connectivity index (χ3n) is 3.26. The van der Waals surface area contributed by atoms with Gasteiger partial charge >= 0.3 is 0 Å². The summed E-state index contributed by atoms with van der Waals surface area (Å²) in [5, 5.41) is 0. The maximum absolute atomic E-state index is 5.61. The van der Waals surface area contributed by atoms with Gasteiger partial charge in [0.15, 0.2) is 0 Å². The van der Waals surface area contributed by atoms with Gasteiger partial charge in [-0.15, -0.1) is 0 Å². The summed E-state index contributed by atoms with van der Waals surface area (Å²) in [5.74, 6) is 0. The van der Waals surface area contributed by atoms with Gasteiger partial charge in [0.05, 0.1) is 0 Å². The molecule has 0 saturated heterocycles. The largest absolute Gasteiger partial charge is 0.370 e. The van der Waals surface area contributed by atoms with Gasteiger partial charge in [-0.25, -0.2) is 0 Å². The predicted octanol–water partition coefficient (Wildman–Crippen LogP) is 3.85. The maximum Gasteiger partial charge on any atom is 0.0426 e. The van der Waals surface area contributed by atoms with Crippen molar-refractivity contribution >= 4 is 21.6 Å². The molecular formula is C16H19BrN2. The topological polar surface area (TPSA) is 29.3 Å². The Morgan fingerprint density at radius 3 is 2.32 bits per heavy atom. The fourth-order valence-corrected chi connectivity index (χ4v) is 2.48. The highest BCUT2D eigenvalue weighted by molar-refractivity contribution is 9.10. The van der Waals surface area contributed by atoms with Crippen LogP contribution >= 0.6 is 15.9 Å². The van der Waals surface area contributed by atoms with E-state index in [9.17, 15) is 0 Å². The number of hydrogen-bond acceptors (Lipinski definition) is 2. The van der Waals surface area contributed by atoms with E-state index in [0.29, 0.717) is 6.54 Å². The van der Waals surface area contributed by atoms with Crippen LogP contribution in [0.3, 0.4) is 0 Å². The standard InChI is InChI=1S/C16H19BrN2/c1-12-3-8-15(17)9-16(12)19(2)11-14-6-4-13(10-18)5-7-14/h3-9H,10-11,18H2,1-2H3. The van der Waals surface area contributed by atoms with Crippen molar-refractivity contribution in [3.8, 4) is 0 Å². The first-order valence-corrected chi connectivity index (χ1v) is 7.14. The molecule has 0 spiro atoms. The lowest BCUT2D eigenvalue weighted by Gasteiger charge is -2.22. The zero-order valence-electron chi connectivity index (χ0n) is 11.4. The molecule has 100 valence electrons. The lowest BCUT2D eigenvalue weighted by Crippen LogP contribution is -2.17. The zero-order chi connectivity index (χ0) is 13.8. The molecule has 2 aromatic carbocycles. The molecule has 2 nitrogen and oxygen atoms in total. The van der Waals surface area contributed by atoms with Gasteiger partial charge in [0.1, 0.15) is 0 Å². The van der Waals surface area contributed by atoms with E-state index in [1.807, 2.05) is 0 Å². The first-order chi connectivity index (χ1) is 9.10. The Morgan fingerprint density at radius 2 is 1.68 bits per heavy atom. The number of halogens is 1. The van der Waals surface area contributed by atoms with Crippen LogP contribution in [0.1, 0.15) is 16.7 Å². The molecule has 0 radical (unpaired) electrons. The highest BCUT2D eigenvalue weighted by atomic mass is 79.9. The molecule has 2 aromatic rings. The number of aryl methyl sites for hydroxylation is 1. The molecule has 0 bridgehead atoms. The van der Waals surface area contributed by atoms with Crippen molar-refractivity contribution in [1.29, 1.82) is 0 Å². The summed E-state index contributed by atoms with van der Waals surface area (Å²) >= 11 is 3.53. The smallest absolute Gasteiger partial charge is 0.0426 e. The second-order valence-corrected chi connectivity index (χ2v) is 5.72. The molecule has 19 heavy (non-hydrogen) atoms. The lowest BCUT2D eigenvalue weighted by atomic mass is 10.1. The Kier molecular flexibility index (Phi) is 4.61. The van der Waals surface area contributed by atoms with E-state index in [1.54, 1.807) is 0 Å². The predicted molar refractivity (Wildman–Crippen MR) is 85.3 cm³/mol. The molecule has 3 heteroatoms. The van der Waals surface area contributed by atoms with Crippen LogP contribution in [0.4, 0.5) is 5.69 Å². The average Bonchev–Trinajstić information content (AvgIpc) is 2.42. The van der Waals surface area contributed by atoms with Crippen molar-refractivity contribution in [3.63, 3.8) is 0 Å². The minimum Gasteiger partial charge on any atom is -0.370 e. The Morgan fingerprint density at radius 1 is 1.05 bits per heavy atom. The van der Waals surface area contributed by atoms with Gasteiger partial charge < -0.3 is 10.6 Å². The summed E-state index contributed by atoms with van der Waals surface area (Å²) in [4.78, 5) is 2.26. The molecule has 0 saturated carbocycles. The number of anilines is 1. The molecule has 2 N–H and O–H groups in total.